The van der Waals surface area contributed by atoms with Crippen LogP contribution in [0.1, 0.15) is 50.0 Å². The predicted octanol–water partition coefficient (Wildman–Crippen LogP) is 2.20. The number of carbonyl (C=O) groups is 1. The summed E-state index contributed by atoms with van der Waals surface area (Å²) in [6.45, 7) is 3.17. The Morgan fingerprint density at radius 3 is 2.75 bits per heavy atom. The van der Waals surface area contributed by atoms with Gasteiger partial charge in [-0.1, -0.05) is 0 Å². The van der Waals surface area contributed by atoms with Crippen molar-refractivity contribution in [1.82, 2.24) is 15.3 Å². The van der Waals surface area contributed by atoms with Crippen LogP contribution in [-0.4, -0.2) is 34.8 Å². The van der Waals surface area contributed by atoms with Gasteiger partial charge in [-0.2, -0.15) is 10.2 Å². The maximum absolute atomic E-state index is 12.5. The normalized spacial score (nSPS) is 20.3. The van der Waals surface area contributed by atoms with Crippen LogP contribution in [0.5, 0.6) is 0 Å². The number of hydrogen-bond donors (Lipinski definition) is 2. The second-order valence-electron chi connectivity index (χ2n) is 6.54. The Bertz CT molecular complexity index is 661. The molecule has 2 aliphatic heterocycles. The van der Waals surface area contributed by atoms with Crippen LogP contribution in [0.2, 0.25) is 0 Å². The third kappa shape index (κ3) is 3.65. The Kier molecular flexibility index (Phi) is 4.67. The van der Waals surface area contributed by atoms with E-state index in [4.69, 9.17) is 11.2 Å². The van der Waals surface area contributed by atoms with Crippen LogP contribution in [0.15, 0.2) is 16.4 Å². The molecule has 128 valence electrons. The van der Waals surface area contributed by atoms with Crippen molar-refractivity contribution >= 4 is 5.91 Å². The van der Waals surface area contributed by atoms with Crippen LogP contribution in [0, 0.1) is 19.3 Å². The van der Waals surface area contributed by atoms with Gasteiger partial charge in [0.15, 0.2) is 5.66 Å². The zero-order chi connectivity index (χ0) is 17.0. The number of carbonyl (C=O) groups excluding carboxylic acids is 1. The highest BCUT2D eigenvalue weighted by Crippen LogP contribution is 2.38. The first-order chi connectivity index (χ1) is 11.6. The van der Waals surface area contributed by atoms with Crippen molar-refractivity contribution in [2.45, 2.75) is 56.7 Å². The molecule has 0 bridgehead atoms. The second kappa shape index (κ2) is 6.73. The Balaban J connectivity index is 1.61. The number of terminal acetylenes is 1. The molecule has 7 nitrogen and oxygen atoms in total. The smallest absolute Gasteiger partial charge is 0.220 e. The molecule has 3 rings (SSSR count). The number of nitrogens with zero attached hydrogens (tertiary/aromatic N) is 3. The van der Waals surface area contributed by atoms with E-state index in [1.54, 1.807) is 6.20 Å². The first-order valence-electron chi connectivity index (χ1n) is 8.36. The number of nitrogens with one attached hydrogen (secondary N) is 2. The van der Waals surface area contributed by atoms with Crippen molar-refractivity contribution in [3.8, 4) is 12.3 Å². The van der Waals surface area contributed by atoms with Crippen LogP contribution in [0.3, 0.4) is 0 Å². The molecular formula is C17H23N5O2. The van der Waals surface area contributed by atoms with Crippen molar-refractivity contribution in [3.63, 3.8) is 0 Å². The standard InChI is InChI=1S/C17H23N5O2/c1-3-4-6-17(21-22-17)7-5-14(23)20-16(8-10-24-11-9-16)15-18-12-13(2)19-15/h1,12H,4-11H2,2H3,(H,18,19)(H,20,23). The fraction of sp³-hybridized carbons (Fsp3) is 0.647. The SMILES string of the molecule is C#CCCC1(CCC(=O)NC2(c3ncc(C)[nH]3)CCOCC2)N=N1. The molecule has 0 aliphatic carbocycles. The maximum atomic E-state index is 12.5. The lowest BCUT2D eigenvalue weighted by molar-refractivity contribution is -0.125. The summed E-state index contributed by atoms with van der Waals surface area (Å²) < 4.78 is 5.46. The van der Waals surface area contributed by atoms with Crippen molar-refractivity contribution in [2.75, 3.05) is 13.2 Å². The van der Waals surface area contributed by atoms with Gasteiger partial charge in [0.05, 0.1) is 0 Å². The number of amides is 1. The molecule has 24 heavy (non-hydrogen) atoms. The van der Waals surface area contributed by atoms with Crippen LogP contribution >= 0.6 is 0 Å². The molecule has 0 aromatic carbocycles. The fourth-order valence-electron chi connectivity index (χ4n) is 3.11. The summed E-state index contributed by atoms with van der Waals surface area (Å²) in [7, 11) is 0. The molecule has 3 heterocycles. The number of rotatable bonds is 7. The number of imidazole rings is 1. The van der Waals surface area contributed by atoms with Gasteiger partial charge in [0, 0.05) is 63.6 Å². The van der Waals surface area contributed by atoms with Crippen LogP contribution in [0.4, 0.5) is 0 Å². The second-order valence-corrected chi connectivity index (χ2v) is 6.54. The summed E-state index contributed by atoms with van der Waals surface area (Å²) >= 11 is 0. The third-order valence-corrected chi connectivity index (χ3v) is 4.69. The Hall–Kier alpha value is -2.20. The predicted molar refractivity (Wildman–Crippen MR) is 88.1 cm³/mol. The number of aryl methyl sites for hydroxylation is 1. The average molecular weight is 329 g/mol. The summed E-state index contributed by atoms with van der Waals surface area (Å²) in [5.41, 5.74) is 0.0789. The lowest BCUT2D eigenvalue weighted by Gasteiger charge is -2.36. The Labute approximate surface area is 141 Å². The number of ether oxygens (including phenoxy) is 1. The molecule has 1 fully saturated rings. The molecule has 7 heteroatoms. The summed E-state index contributed by atoms with van der Waals surface area (Å²) in [4.78, 5) is 20.2. The minimum atomic E-state index is -0.479. The van der Waals surface area contributed by atoms with E-state index in [1.807, 2.05) is 6.92 Å². The summed E-state index contributed by atoms with van der Waals surface area (Å²) in [6, 6.07) is 0. The van der Waals surface area contributed by atoms with Gasteiger partial charge in [-0.25, -0.2) is 4.98 Å². The van der Waals surface area contributed by atoms with Crippen LogP contribution < -0.4 is 5.32 Å². The van der Waals surface area contributed by atoms with Crippen molar-refractivity contribution < 1.29 is 9.53 Å². The first-order valence-corrected chi connectivity index (χ1v) is 8.36. The molecular weight excluding hydrogens is 306 g/mol. The molecule has 0 saturated carbocycles. The minimum absolute atomic E-state index is 0.0108. The lowest BCUT2D eigenvalue weighted by Crippen LogP contribution is -2.50. The molecule has 1 aromatic heterocycles. The van der Waals surface area contributed by atoms with E-state index >= 15 is 0 Å². The van der Waals surface area contributed by atoms with Crippen molar-refractivity contribution in [2.24, 2.45) is 10.2 Å². The van der Waals surface area contributed by atoms with E-state index in [2.05, 4.69) is 31.4 Å². The van der Waals surface area contributed by atoms with E-state index in [0.29, 0.717) is 51.7 Å². The highest BCUT2D eigenvalue weighted by atomic mass is 16.5. The Morgan fingerprint density at radius 1 is 1.42 bits per heavy atom. The van der Waals surface area contributed by atoms with E-state index in [9.17, 15) is 4.79 Å². The van der Waals surface area contributed by atoms with Gasteiger partial charge < -0.3 is 15.0 Å². The molecule has 1 aromatic rings. The molecule has 2 N–H and O–H groups in total. The summed E-state index contributed by atoms with van der Waals surface area (Å²) in [5, 5.41) is 11.3. The monoisotopic (exact) mass is 329 g/mol. The van der Waals surface area contributed by atoms with Gasteiger partial charge in [0.1, 0.15) is 11.4 Å². The van der Waals surface area contributed by atoms with Crippen LogP contribution in [0.25, 0.3) is 0 Å². The zero-order valence-corrected chi connectivity index (χ0v) is 14.0. The number of aromatic nitrogens is 2. The van der Waals surface area contributed by atoms with Gasteiger partial charge in [0.25, 0.3) is 0 Å². The van der Waals surface area contributed by atoms with Gasteiger partial charge in [0.2, 0.25) is 5.91 Å². The van der Waals surface area contributed by atoms with Gasteiger partial charge in [-0.3, -0.25) is 4.79 Å². The fourth-order valence-corrected chi connectivity index (χ4v) is 3.11. The quantitative estimate of drug-likeness (QED) is 0.751. The van der Waals surface area contributed by atoms with Crippen LogP contribution in [-0.2, 0) is 15.1 Å². The number of H-pyrrole nitrogens is 1. The minimum Gasteiger partial charge on any atom is -0.381 e. The molecule has 0 unspecified atom stereocenters. The van der Waals surface area contributed by atoms with Gasteiger partial charge in [-0.05, 0) is 6.92 Å². The summed E-state index contributed by atoms with van der Waals surface area (Å²) in [6.07, 6.45) is 10.8. The molecule has 1 saturated heterocycles. The maximum Gasteiger partial charge on any atom is 0.220 e. The third-order valence-electron chi connectivity index (χ3n) is 4.69. The molecule has 0 radical (unpaired) electrons. The molecule has 0 atom stereocenters. The van der Waals surface area contributed by atoms with Gasteiger partial charge >= 0.3 is 0 Å². The van der Waals surface area contributed by atoms with Crippen molar-refractivity contribution in [3.05, 3.63) is 17.7 Å². The average Bonchev–Trinajstić information content (AvgIpc) is 3.23. The molecule has 1 amide bonds. The van der Waals surface area contributed by atoms with E-state index in [-0.39, 0.29) is 5.91 Å². The lowest BCUT2D eigenvalue weighted by atomic mass is 9.88. The van der Waals surface area contributed by atoms with Gasteiger partial charge in [-0.15, -0.1) is 12.3 Å². The first kappa shape index (κ1) is 16.7. The highest BCUT2D eigenvalue weighted by Gasteiger charge is 2.41. The number of hydrogen-bond acceptors (Lipinski definition) is 5. The van der Waals surface area contributed by atoms with E-state index < -0.39 is 11.2 Å². The highest BCUT2D eigenvalue weighted by molar-refractivity contribution is 5.77. The topological polar surface area (TPSA) is 91.7 Å². The number of aromatic amines is 1. The van der Waals surface area contributed by atoms with E-state index in [1.165, 1.54) is 0 Å². The summed E-state index contributed by atoms with van der Waals surface area (Å²) in [5.74, 6) is 3.39. The van der Waals surface area contributed by atoms with E-state index in [0.717, 1.165) is 11.5 Å². The molecule has 2 aliphatic rings. The Morgan fingerprint density at radius 2 is 2.17 bits per heavy atom. The molecule has 0 spiro atoms. The largest absolute Gasteiger partial charge is 0.381 e. The van der Waals surface area contributed by atoms with Crippen molar-refractivity contribution in [1.29, 1.82) is 0 Å². The zero-order valence-electron chi connectivity index (χ0n) is 14.0.